The van der Waals surface area contributed by atoms with Crippen molar-refractivity contribution in [2.45, 2.75) is 0 Å². The first kappa shape index (κ1) is 5.75. The van der Waals surface area contributed by atoms with Crippen LogP contribution in [0.15, 0.2) is 47.0 Å². The van der Waals surface area contributed by atoms with Crippen molar-refractivity contribution in [3.63, 3.8) is 0 Å². The average Bonchev–Trinajstić information content (AvgIpc) is 2.59. The van der Waals surface area contributed by atoms with Crippen molar-refractivity contribution >= 4 is 22.1 Å². The molecule has 0 atom stereocenters. The highest BCUT2D eigenvalue weighted by molar-refractivity contribution is 6.01. The topological polar surface area (TPSA) is 26.0 Å². The summed E-state index contributed by atoms with van der Waals surface area (Å²) in [5, 5.41) is 0.969. The molecule has 2 aromatic heterocycles. The summed E-state index contributed by atoms with van der Waals surface area (Å²) in [6, 6.07) is 9.70. The van der Waals surface area contributed by atoms with Gasteiger partial charge in [-0.25, -0.2) is 0 Å². The molecule has 0 radical (unpaired) electrons. The van der Waals surface area contributed by atoms with Crippen molar-refractivity contribution in [3.05, 3.63) is 42.6 Å². The van der Waals surface area contributed by atoms with E-state index in [9.17, 15) is 0 Å². The Morgan fingerprint density at radius 3 is 3.08 bits per heavy atom. The Hall–Kier alpha value is -1.83. The minimum absolute atomic E-state index is 0.381. The minimum atomic E-state index is 0.381. The van der Waals surface area contributed by atoms with Crippen molar-refractivity contribution in [2.75, 3.05) is 0 Å². The fraction of sp³-hybridized carbons (Fsp3) is 0. The van der Waals surface area contributed by atoms with E-state index in [0.29, 0.717) is 11.6 Å². The van der Waals surface area contributed by atoms with E-state index < -0.39 is 0 Å². The number of para-hydroxylation sites is 1. The summed E-state index contributed by atoms with van der Waals surface area (Å²) >= 11 is 0. The van der Waals surface area contributed by atoms with E-state index in [1.807, 2.05) is 24.3 Å². The number of hydrogen-bond donors (Lipinski definition) is 0. The molecule has 2 heteroatoms. The molecule has 1 aromatic carbocycles. The highest BCUT2D eigenvalue weighted by atomic mass is 16.3. The highest BCUT2D eigenvalue weighted by Gasteiger charge is 2.04. The van der Waals surface area contributed by atoms with Crippen LogP contribution in [0.2, 0.25) is 0 Å². The maximum atomic E-state index is 7.66. The highest BCUT2D eigenvalue weighted by Crippen LogP contribution is 2.25. The fourth-order valence-electron chi connectivity index (χ4n) is 1.48. The second-order valence-corrected chi connectivity index (χ2v) is 2.87. The Morgan fingerprint density at radius 1 is 1.15 bits per heavy atom. The quantitative estimate of drug-likeness (QED) is 0.518. The molecule has 0 aliphatic rings. The molecule has 0 aliphatic heterocycles. The van der Waals surface area contributed by atoms with E-state index in [2.05, 4.69) is 4.98 Å². The molecule has 0 fully saturated rings. The van der Waals surface area contributed by atoms with Gasteiger partial charge in [-0.1, -0.05) is 12.1 Å². The van der Waals surface area contributed by atoms with Gasteiger partial charge in [-0.2, -0.15) is 0 Å². The summed E-state index contributed by atoms with van der Waals surface area (Å²) in [4.78, 5) is 4.22. The van der Waals surface area contributed by atoms with Crippen molar-refractivity contribution in [1.82, 2.24) is 4.98 Å². The lowest BCUT2D eigenvalue weighted by Gasteiger charge is -1.84. The van der Waals surface area contributed by atoms with Crippen LogP contribution in [-0.2, 0) is 0 Å². The summed E-state index contributed by atoms with van der Waals surface area (Å²) in [5.41, 5.74) is 2.12. The van der Waals surface area contributed by atoms with Crippen LogP contribution in [0.3, 0.4) is 0 Å². The van der Waals surface area contributed by atoms with Gasteiger partial charge in [-0.3, -0.25) is 4.98 Å². The van der Waals surface area contributed by atoms with E-state index in [4.69, 9.17) is 5.79 Å². The third-order valence-corrected chi connectivity index (χ3v) is 2.06. The van der Waals surface area contributed by atoms with Gasteiger partial charge in [0, 0.05) is 11.6 Å². The summed E-state index contributed by atoms with van der Waals surface area (Å²) in [6.07, 6.45) is 1.63. The van der Waals surface area contributed by atoms with E-state index in [-0.39, 0.29) is 0 Å². The maximum Gasteiger partial charge on any atom is 0.153 e. The van der Waals surface area contributed by atoms with Gasteiger partial charge < -0.3 is 4.42 Å². The summed E-state index contributed by atoms with van der Waals surface area (Å²) in [5.74, 6) is 0. The minimum Gasteiger partial charge on any atom is -0.454 e. The normalized spacial score (nSPS) is 12.2. The molecule has 0 saturated carbocycles. The largest absolute Gasteiger partial charge is 0.454 e. The first-order valence-electron chi connectivity index (χ1n) is 4.59. The van der Waals surface area contributed by atoms with E-state index in [0.717, 1.165) is 16.5 Å². The monoisotopic (exact) mass is 170 g/mol. The van der Waals surface area contributed by atoms with Gasteiger partial charge in [0.2, 0.25) is 0 Å². The van der Waals surface area contributed by atoms with Crippen LogP contribution >= 0.6 is 0 Å². The third kappa shape index (κ3) is 0.855. The number of aromatic nitrogens is 1. The molecule has 0 unspecified atom stereocenters. The predicted molar refractivity (Wildman–Crippen MR) is 51.5 cm³/mol. The maximum absolute atomic E-state index is 7.66. The molecule has 62 valence electrons. The van der Waals surface area contributed by atoms with Crippen LogP contribution in [-0.4, -0.2) is 4.98 Å². The lowest BCUT2D eigenvalue weighted by atomic mass is 10.2. The summed E-state index contributed by atoms with van der Waals surface area (Å²) in [7, 11) is 0. The fourth-order valence-corrected chi connectivity index (χ4v) is 1.48. The SMILES string of the molecule is [2H]c1ccnc2c1oc1ccccc12. The van der Waals surface area contributed by atoms with Crippen molar-refractivity contribution in [2.24, 2.45) is 0 Å². The Morgan fingerprint density at radius 2 is 2.08 bits per heavy atom. The zero-order valence-corrected chi connectivity index (χ0v) is 6.82. The van der Waals surface area contributed by atoms with Gasteiger partial charge in [0.15, 0.2) is 5.58 Å². The number of rotatable bonds is 0. The molecular weight excluding hydrogens is 162 g/mol. The summed E-state index contributed by atoms with van der Waals surface area (Å²) < 4.78 is 13.2. The van der Waals surface area contributed by atoms with Gasteiger partial charge in [-0.05, 0) is 24.2 Å². The number of nitrogens with zero attached hydrogens (tertiary/aromatic N) is 1. The van der Waals surface area contributed by atoms with Crippen molar-refractivity contribution in [1.29, 1.82) is 0 Å². The second kappa shape index (κ2) is 2.33. The van der Waals surface area contributed by atoms with Crippen molar-refractivity contribution < 1.29 is 5.79 Å². The smallest absolute Gasteiger partial charge is 0.153 e. The molecular formula is C11H7NO. The number of fused-ring (bicyclic) bond motifs is 3. The average molecular weight is 170 g/mol. The molecule has 0 bridgehead atoms. The number of furan rings is 1. The number of pyridine rings is 1. The van der Waals surface area contributed by atoms with E-state index >= 15 is 0 Å². The molecule has 2 heterocycles. The van der Waals surface area contributed by atoms with Crippen molar-refractivity contribution in [3.8, 4) is 0 Å². The van der Waals surface area contributed by atoms with Crippen LogP contribution < -0.4 is 0 Å². The van der Waals surface area contributed by atoms with Crippen LogP contribution in [0, 0.1) is 0 Å². The van der Waals surface area contributed by atoms with Gasteiger partial charge in [-0.15, -0.1) is 0 Å². The Balaban J connectivity index is 2.63. The van der Waals surface area contributed by atoms with Gasteiger partial charge >= 0.3 is 0 Å². The molecule has 13 heavy (non-hydrogen) atoms. The number of hydrogen-bond acceptors (Lipinski definition) is 2. The molecule has 3 rings (SSSR count). The van der Waals surface area contributed by atoms with Gasteiger partial charge in [0.1, 0.15) is 11.1 Å². The Labute approximate surface area is 76.2 Å². The lowest BCUT2D eigenvalue weighted by Crippen LogP contribution is -1.70. The third-order valence-electron chi connectivity index (χ3n) is 2.06. The van der Waals surface area contributed by atoms with Gasteiger partial charge in [0.05, 0.1) is 1.37 Å². The van der Waals surface area contributed by atoms with Crippen LogP contribution in [0.1, 0.15) is 1.37 Å². The first-order valence-corrected chi connectivity index (χ1v) is 4.09. The van der Waals surface area contributed by atoms with Crippen LogP contribution in [0.4, 0.5) is 0 Å². The van der Waals surface area contributed by atoms with E-state index in [1.54, 1.807) is 12.3 Å². The van der Waals surface area contributed by atoms with Crippen LogP contribution in [0.5, 0.6) is 0 Å². The van der Waals surface area contributed by atoms with E-state index in [1.165, 1.54) is 0 Å². The molecule has 2 nitrogen and oxygen atoms in total. The Bertz CT molecular complexity index is 615. The molecule has 0 amide bonds. The molecule has 0 spiro atoms. The zero-order valence-electron chi connectivity index (χ0n) is 7.82. The predicted octanol–water partition coefficient (Wildman–Crippen LogP) is 2.98. The molecule has 0 N–H and O–H groups in total. The van der Waals surface area contributed by atoms with Gasteiger partial charge in [0.25, 0.3) is 0 Å². The van der Waals surface area contributed by atoms with Crippen LogP contribution in [0.25, 0.3) is 22.1 Å². The molecule has 0 saturated heterocycles. The lowest BCUT2D eigenvalue weighted by molar-refractivity contribution is 0.668. The zero-order chi connectivity index (χ0) is 9.54. The molecule has 0 aliphatic carbocycles. The molecule has 3 aromatic rings. The standard InChI is InChI=1S/C11H7NO/c1-2-5-9-8(4-1)11-10(13-9)6-3-7-12-11/h1-7H/i6D. The first-order chi connectivity index (χ1) is 6.86. The summed E-state index contributed by atoms with van der Waals surface area (Å²) in [6.45, 7) is 0. The second-order valence-electron chi connectivity index (χ2n) is 2.87. The Kier molecular flexibility index (Phi) is 1.03. The number of benzene rings is 1.